The van der Waals surface area contributed by atoms with Gasteiger partial charge < -0.3 is 15.2 Å². The Bertz CT molecular complexity index is 447. The smallest absolute Gasteiger partial charge is 0.231 e. The largest absolute Gasteiger partial charge is 0.492 e. The summed E-state index contributed by atoms with van der Waals surface area (Å²) < 4.78 is 5.48. The highest BCUT2D eigenvalue weighted by molar-refractivity contribution is 5.85. The van der Waals surface area contributed by atoms with E-state index in [0.29, 0.717) is 13.2 Å². The lowest BCUT2D eigenvalue weighted by atomic mass is 9.99. The molecule has 0 fully saturated rings. The van der Waals surface area contributed by atoms with Gasteiger partial charge >= 0.3 is 0 Å². The number of aliphatic hydroxyl groups is 1. The van der Waals surface area contributed by atoms with Crippen molar-refractivity contribution in [2.45, 2.75) is 32.3 Å². The Morgan fingerprint density at radius 2 is 2.26 bits per heavy atom. The maximum atomic E-state index is 12.1. The van der Waals surface area contributed by atoms with Crippen LogP contribution in [0.5, 0.6) is 5.75 Å². The van der Waals surface area contributed by atoms with Crippen LogP contribution in [0.3, 0.4) is 0 Å². The molecule has 1 amide bonds. The molecule has 1 heterocycles. The van der Waals surface area contributed by atoms with E-state index in [-0.39, 0.29) is 17.7 Å². The summed E-state index contributed by atoms with van der Waals surface area (Å²) in [5, 5.41) is 12.7. The van der Waals surface area contributed by atoms with Crippen LogP contribution in [0.1, 0.15) is 31.7 Å². The van der Waals surface area contributed by atoms with E-state index in [0.717, 1.165) is 17.7 Å². The molecule has 0 radical (unpaired) electrons. The van der Waals surface area contributed by atoms with Gasteiger partial charge in [0.1, 0.15) is 18.3 Å². The Labute approximate surface area is 113 Å². The average molecular weight is 263 g/mol. The zero-order valence-corrected chi connectivity index (χ0v) is 11.4. The first-order valence-corrected chi connectivity index (χ1v) is 6.81. The van der Waals surface area contributed by atoms with Crippen LogP contribution in [-0.2, 0) is 4.79 Å². The zero-order valence-electron chi connectivity index (χ0n) is 11.4. The number of benzene rings is 1. The molecule has 1 aliphatic rings. The fourth-order valence-electron chi connectivity index (χ4n) is 2.18. The predicted molar refractivity (Wildman–Crippen MR) is 73.1 cm³/mol. The number of amides is 1. The number of carbonyl (C=O) groups excluding carboxylic acids is 1. The Balaban J connectivity index is 1.92. The van der Waals surface area contributed by atoms with Crippen molar-refractivity contribution in [3.05, 3.63) is 29.8 Å². The molecule has 0 spiro atoms. The Morgan fingerprint density at radius 3 is 3.00 bits per heavy atom. The summed E-state index contributed by atoms with van der Waals surface area (Å²) in [6.45, 7) is 4.68. The van der Waals surface area contributed by atoms with Crippen LogP contribution in [0, 0.1) is 5.92 Å². The number of hydrogen-bond donors (Lipinski definition) is 2. The predicted octanol–water partition coefficient (Wildman–Crippen LogP) is 1.69. The maximum absolute atomic E-state index is 12.1. The quantitative estimate of drug-likeness (QED) is 0.850. The molecule has 0 aromatic heterocycles. The molecule has 2 rings (SSSR count). The van der Waals surface area contributed by atoms with Crippen LogP contribution in [0.15, 0.2) is 24.3 Å². The van der Waals surface area contributed by atoms with Crippen molar-refractivity contribution in [2.75, 3.05) is 13.2 Å². The van der Waals surface area contributed by atoms with Gasteiger partial charge in [0, 0.05) is 12.1 Å². The second-order valence-electron chi connectivity index (χ2n) is 5.10. The number of aliphatic hydroxyl groups excluding tert-OH is 1. The molecule has 1 aliphatic heterocycles. The normalized spacial score (nSPS) is 20.3. The van der Waals surface area contributed by atoms with Gasteiger partial charge in [-0.25, -0.2) is 0 Å². The van der Waals surface area contributed by atoms with E-state index < -0.39 is 6.10 Å². The highest BCUT2D eigenvalue weighted by atomic mass is 16.5. The third kappa shape index (κ3) is 3.07. The van der Waals surface area contributed by atoms with E-state index in [1.807, 2.05) is 38.1 Å². The number of carbonyl (C=O) groups is 1. The maximum Gasteiger partial charge on any atom is 0.231 e. The number of para-hydroxylation sites is 1. The summed E-state index contributed by atoms with van der Waals surface area (Å²) in [7, 11) is 0. The van der Waals surface area contributed by atoms with Crippen molar-refractivity contribution < 1.29 is 14.6 Å². The molecule has 4 heteroatoms. The Kier molecular flexibility index (Phi) is 4.43. The van der Waals surface area contributed by atoms with Crippen molar-refractivity contribution >= 4 is 5.91 Å². The topological polar surface area (TPSA) is 58.6 Å². The molecule has 2 N–H and O–H groups in total. The molecule has 1 aromatic rings. The van der Waals surface area contributed by atoms with Gasteiger partial charge in [-0.15, -0.1) is 0 Å². The van der Waals surface area contributed by atoms with Gasteiger partial charge in [0.2, 0.25) is 5.91 Å². The van der Waals surface area contributed by atoms with Gasteiger partial charge in [0.25, 0.3) is 0 Å². The molecule has 3 atom stereocenters. The van der Waals surface area contributed by atoms with Crippen LogP contribution in [0.25, 0.3) is 0 Å². The minimum Gasteiger partial charge on any atom is -0.492 e. The van der Waals surface area contributed by atoms with E-state index in [1.165, 1.54) is 0 Å². The zero-order chi connectivity index (χ0) is 13.8. The van der Waals surface area contributed by atoms with E-state index in [4.69, 9.17) is 4.74 Å². The minimum atomic E-state index is -0.494. The lowest BCUT2D eigenvalue weighted by molar-refractivity contribution is -0.123. The number of rotatable bonds is 5. The van der Waals surface area contributed by atoms with Gasteiger partial charge in [-0.2, -0.15) is 0 Å². The van der Waals surface area contributed by atoms with Crippen LogP contribution in [0.2, 0.25) is 0 Å². The number of hydrogen-bond acceptors (Lipinski definition) is 3. The molecule has 0 saturated heterocycles. The van der Waals surface area contributed by atoms with Crippen LogP contribution >= 0.6 is 0 Å². The number of fused-ring (bicyclic) bond motifs is 1. The van der Waals surface area contributed by atoms with Gasteiger partial charge in [-0.3, -0.25) is 4.79 Å². The standard InChI is InChI=1S/C15H21NO3/c1-3-10(2)13(17)8-16-15(18)12-9-19-14-7-5-4-6-11(12)14/h4-7,10,12-13,17H,3,8-9H2,1-2H3,(H,16,18). The number of nitrogens with one attached hydrogen (secondary N) is 1. The van der Waals surface area contributed by atoms with Gasteiger partial charge in [-0.1, -0.05) is 38.5 Å². The first kappa shape index (κ1) is 13.9. The minimum absolute atomic E-state index is 0.0766. The third-order valence-electron chi connectivity index (χ3n) is 3.80. The summed E-state index contributed by atoms with van der Waals surface area (Å²) in [6.07, 6.45) is 0.401. The third-order valence-corrected chi connectivity index (χ3v) is 3.80. The monoisotopic (exact) mass is 263 g/mol. The molecule has 1 aromatic carbocycles. The van der Waals surface area contributed by atoms with Crippen LogP contribution in [-0.4, -0.2) is 30.3 Å². The molecule has 19 heavy (non-hydrogen) atoms. The van der Waals surface area contributed by atoms with E-state index in [9.17, 15) is 9.90 Å². The summed E-state index contributed by atoms with van der Waals surface area (Å²) in [4.78, 5) is 12.1. The molecule has 0 aliphatic carbocycles. The fourth-order valence-corrected chi connectivity index (χ4v) is 2.18. The average Bonchev–Trinajstić information content (AvgIpc) is 2.87. The highest BCUT2D eigenvalue weighted by Gasteiger charge is 2.30. The molecule has 0 saturated carbocycles. The second kappa shape index (κ2) is 6.06. The Morgan fingerprint density at radius 1 is 1.53 bits per heavy atom. The van der Waals surface area contributed by atoms with Crippen molar-refractivity contribution in [3.63, 3.8) is 0 Å². The van der Waals surface area contributed by atoms with Crippen LogP contribution < -0.4 is 10.1 Å². The van der Waals surface area contributed by atoms with Crippen LogP contribution in [0.4, 0.5) is 0 Å². The number of ether oxygens (including phenoxy) is 1. The lowest BCUT2D eigenvalue weighted by Crippen LogP contribution is -2.38. The molecular formula is C15H21NO3. The highest BCUT2D eigenvalue weighted by Crippen LogP contribution is 2.33. The summed E-state index contributed by atoms with van der Waals surface area (Å²) in [6, 6.07) is 7.59. The van der Waals surface area contributed by atoms with Crippen molar-refractivity contribution in [2.24, 2.45) is 5.92 Å². The summed E-state index contributed by atoms with van der Waals surface area (Å²) in [5.74, 6) is 0.630. The first-order chi connectivity index (χ1) is 9.13. The molecule has 0 bridgehead atoms. The van der Waals surface area contributed by atoms with Gasteiger partial charge in [-0.05, 0) is 12.0 Å². The molecule has 4 nitrogen and oxygen atoms in total. The second-order valence-corrected chi connectivity index (χ2v) is 5.10. The van der Waals surface area contributed by atoms with E-state index in [2.05, 4.69) is 5.32 Å². The summed E-state index contributed by atoms with van der Waals surface area (Å²) >= 11 is 0. The van der Waals surface area contributed by atoms with Crippen molar-refractivity contribution in [3.8, 4) is 5.75 Å². The molecule has 104 valence electrons. The molecule has 3 unspecified atom stereocenters. The fraction of sp³-hybridized carbons (Fsp3) is 0.533. The van der Waals surface area contributed by atoms with Gasteiger partial charge in [0.15, 0.2) is 0 Å². The van der Waals surface area contributed by atoms with E-state index in [1.54, 1.807) is 0 Å². The van der Waals surface area contributed by atoms with Gasteiger partial charge in [0.05, 0.1) is 6.10 Å². The van der Waals surface area contributed by atoms with Crippen molar-refractivity contribution in [1.29, 1.82) is 0 Å². The molecular weight excluding hydrogens is 242 g/mol. The van der Waals surface area contributed by atoms with E-state index >= 15 is 0 Å². The first-order valence-electron chi connectivity index (χ1n) is 6.81. The Hall–Kier alpha value is -1.55. The summed E-state index contributed by atoms with van der Waals surface area (Å²) in [5.41, 5.74) is 0.929. The van der Waals surface area contributed by atoms with Crippen molar-refractivity contribution in [1.82, 2.24) is 5.32 Å². The lowest BCUT2D eigenvalue weighted by Gasteiger charge is -2.18. The SMILES string of the molecule is CCC(C)C(O)CNC(=O)C1COc2ccccc21.